The van der Waals surface area contributed by atoms with Crippen molar-refractivity contribution in [3.05, 3.63) is 12.7 Å². The molecular weight excluding hydrogens is 224 g/mol. The lowest BCUT2D eigenvalue weighted by atomic mass is 10.2. The summed E-state index contributed by atoms with van der Waals surface area (Å²) in [5.74, 6) is 2.08. The minimum absolute atomic E-state index is 0.449. The van der Waals surface area contributed by atoms with Crippen LogP contribution < -0.4 is 5.73 Å². The molecule has 1 unspecified atom stereocenters. The zero-order valence-corrected chi connectivity index (χ0v) is 9.95. The number of allylic oxidation sites excluding steroid dienone is 1. The summed E-state index contributed by atoms with van der Waals surface area (Å²) in [5, 5.41) is 8.79. The lowest BCUT2D eigenvalue weighted by Crippen LogP contribution is -2.06. The molecule has 1 aliphatic heterocycles. The number of nitrogens with two attached hydrogens (primary N) is 1. The standard InChI is InChI=1S/C10H16N4OS/c1-2-4-14-9(11)12-13-10(14)16-7-8-3-5-15-6-8/h2,8H,1,3-7H2,(H2,11,12). The molecule has 5 nitrogen and oxygen atoms in total. The van der Waals surface area contributed by atoms with Crippen molar-refractivity contribution >= 4 is 17.7 Å². The Bertz CT molecular complexity index is 360. The largest absolute Gasteiger partial charge is 0.381 e. The molecule has 1 aliphatic rings. The van der Waals surface area contributed by atoms with Gasteiger partial charge in [0.15, 0.2) is 5.16 Å². The average Bonchev–Trinajstić information content (AvgIpc) is 2.89. The van der Waals surface area contributed by atoms with Gasteiger partial charge in [0, 0.05) is 18.9 Å². The highest BCUT2D eigenvalue weighted by Gasteiger charge is 2.17. The van der Waals surface area contributed by atoms with E-state index in [0.717, 1.165) is 30.5 Å². The van der Waals surface area contributed by atoms with Gasteiger partial charge in [-0.1, -0.05) is 17.8 Å². The topological polar surface area (TPSA) is 66.0 Å². The molecule has 0 amide bonds. The molecule has 0 spiro atoms. The number of thioether (sulfide) groups is 1. The number of rotatable bonds is 5. The van der Waals surface area contributed by atoms with E-state index in [1.807, 2.05) is 4.57 Å². The van der Waals surface area contributed by atoms with E-state index in [1.165, 1.54) is 0 Å². The highest BCUT2D eigenvalue weighted by Crippen LogP contribution is 2.24. The second kappa shape index (κ2) is 5.36. The summed E-state index contributed by atoms with van der Waals surface area (Å²) in [6.45, 7) is 6.09. The molecule has 0 saturated carbocycles. The average molecular weight is 240 g/mol. The van der Waals surface area contributed by atoms with Crippen LogP contribution in [0.1, 0.15) is 6.42 Å². The van der Waals surface area contributed by atoms with Crippen LogP contribution >= 0.6 is 11.8 Å². The summed E-state index contributed by atoms with van der Waals surface area (Å²) < 4.78 is 7.20. The van der Waals surface area contributed by atoms with Crippen LogP contribution in [0.15, 0.2) is 17.8 Å². The van der Waals surface area contributed by atoms with Crippen LogP contribution in [0.25, 0.3) is 0 Å². The number of anilines is 1. The molecule has 2 N–H and O–H groups in total. The van der Waals surface area contributed by atoms with Crippen molar-refractivity contribution < 1.29 is 4.74 Å². The van der Waals surface area contributed by atoms with Gasteiger partial charge in [0.25, 0.3) is 0 Å². The Morgan fingerprint density at radius 3 is 3.19 bits per heavy atom. The Hall–Kier alpha value is -1.01. The Morgan fingerprint density at radius 1 is 1.62 bits per heavy atom. The van der Waals surface area contributed by atoms with E-state index in [-0.39, 0.29) is 0 Å². The summed E-state index contributed by atoms with van der Waals surface area (Å²) in [6, 6.07) is 0. The van der Waals surface area contributed by atoms with E-state index in [4.69, 9.17) is 10.5 Å². The second-order valence-electron chi connectivity index (χ2n) is 3.78. The third kappa shape index (κ3) is 2.56. The molecule has 2 heterocycles. The Morgan fingerprint density at radius 2 is 2.50 bits per heavy atom. The molecular formula is C10H16N4OS. The van der Waals surface area contributed by atoms with E-state index >= 15 is 0 Å². The van der Waals surface area contributed by atoms with E-state index < -0.39 is 0 Å². The first kappa shape index (κ1) is 11.5. The zero-order valence-electron chi connectivity index (χ0n) is 9.13. The van der Waals surface area contributed by atoms with Crippen molar-refractivity contribution in [1.82, 2.24) is 14.8 Å². The first-order chi connectivity index (χ1) is 7.81. The normalized spacial score (nSPS) is 20.1. The molecule has 1 atom stereocenters. The predicted octanol–water partition coefficient (Wildman–Crippen LogP) is 1.17. The minimum Gasteiger partial charge on any atom is -0.381 e. The molecule has 0 aromatic carbocycles. The maximum atomic E-state index is 5.71. The van der Waals surface area contributed by atoms with E-state index in [1.54, 1.807) is 17.8 Å². The maximum Gasteiger partial charge on any atom is 0.222 e. The maximum absolute atomic E-state index is 5.71. The second-order valence-corrected chi connectivity index (χ2v) is 4.77. The van der Waals surface area contributed by atoms with Crippen LogP contribution in [0.3, 0.4) is 0 Å². The summed E-state index contributed by atoms with van der Waals surface area (Å²) in [6.07, 6.45) is 2.93. The fraction of sp³-hybridized carbons (Fsp3) is 0.600. The number of nitrogen functional groups attached to an aromatic ring is 1. The van der Waals surface area contributed by atoms with Gasteiger partial charge < -0.3 is 10.5 Å². The summed E-state index contributed by atoms with van der Waals surface area (Å²) in [5.41, 5.74) is 5.71. The highest BCUT2D eigenvalue weighted by atomic mass is 32.2. The van der Waals surface area contributed by atoms with Crippen LogP contribution in [-0.4, -0.2) is 33.7 Å². The molecule has 1 saturated heterocycles. The molecule has 88 valence electrons. The molecule has 0 radical (unpaired) electrons. The predicted molar refractivity (Wildman–Crippen MR) is 64.3 cm³/mol. The number of hydrogen-bond donors (Lipinski definition) is 1. The summed E-state index contributed by atoms with van der Waals surface area (Å²) >= 11 is 1.69. The van der Waals surface area contributed by atoms with Crippen molar-refractivity contribution in [2.75, 3.05) is 24.7 Å². The van der Waals surface area contributed by atoms with Crippen LogP contribution in [0.4, 0.5) is 5.95 Å². The van der Waals surface area contributed by atoms with Crippen molar-refractivity contribution in [3.8, 4) is 0 Å². The smallest absolute Gasteiger partial charge is 0.222 e. The lowest BCUT2D eigenvalue weighted by molar-refractivity contribution is 0.189. The Labute approximate surface area is 99.1 Å². The van der Waals surface area contributed by atoms with Gasteiger partial charge in [0.05, 0.1) is 6.61 Å². The Balaban J connectivity index is 1.94. The zero-order chi connectivity index (χ0) is 11.4. The molecule has 16 heavy (non-hydrogen) atoms. The van der Waals surface area contributed by atoms with Gasteiger partial charge in [-0.2, -0.15) is 0 Å². The lowest BCUT2D eigenvalue weighted by Gasteiger charge is -2.07. The highest BCUT2D eigenvalue weighted by molar-refractivity contribution is 7.99. The van der Waals surface area contributed by atoms with Crippen LogP contribution in [0.5, 0.6) is 0 Å². The van der Waals surface area contributed by atoms with E-state index in [9.17, 15) is 0 Å². The molecule has 6 heteroatoms. The number of ether oxygens (including phenoxy) is 1. The Kier molecular flexibility index (Phi) is 3.84. The van der Waals surface area contributed by atoms with Gasteiger partial charge in [-0.25, -0.2) is 0 Å². The van der Waals surface area contributed by atoms with Gasteiger partial charge in [-0.3, -0.25) is 4.57 Å². The van der Waals surface area contributed by atoms with Crippen molar-refractivity contribution in [3.63, 3.8) is 0 Å². The summed E-state index contributed by atoms with van der Waals surface area (Å²) in [4.78, 5) is 0. The molecule has 0 bridgehead atoms. The number of hydrogen-bond acceptors (Lipinski definition) is 5. The fourth-order valence-electron chi connectivity index (χ4n) is 1.61. The van der Waals surface area contributed by atoms with E-state index in [0.29, 0.717) is 18.4 Å². The van der Waals surface area contributed by atoms with Crippen molar-refractivity contribution in [1.29, 1.82) is 0 Å². The van der Waals surface area contributed by atoms with Crippen LogP contribution in [0.2, 0.25) is 0 Å². The minimum atomic E-state index is 0.449. The van der Waals surface area contributed by atoms with Gasteiger partial charge in [0.2, 0.25) is 5.95 Å². The molecule has 2 rings (SSSR count). The SMILES string of the molecule is C=CCn1c(N)nnc1SCC1CCOC1. The van der Waals surface area contributed by atoms with Crippen LogP contribution in [-0.2, 0) is 11.3 Å². The third-order valence-corrected chi connectivity index (χ3v) is 3.73. The summed E-state index contributed by atoms with van der Waals surface area (Å²) in [7, 11) is 0. The van der Waals surface area contributed by atoms with Gasteiger partial charge in [0.1, 0.15) is 0 Å². The molecule has 0 aliphatic carbocycles. The molecule has 1 aromatic heterocycles. The number of nitrogens with zero attached hydrogens (tertiary/aromatic N) is 3. The van der Waals surface area contributed by atoms with Crippen molar-refractivity contribution in [2.45, 2.75) is 18.1 Å². The van der Waals surface area contributed by atoms with Crippen LogP contribution in [0, 0.1) is 5.92 Å². The molecule has 1 aromatic rings. The van der Waals surface area contributed by atoms with Gasteiger partial charge >= 0.3 is 0 Å². The van der Waals surface area contributed by atoms with Gasteiger partial charge in [-0.15, -0.1) is 16.8 Å². The molecule has 1 fully saturated rings. The van der Waals surface area contributed by atoms with Crippen molar-refractivity contribution in [2.24, 2.45) is 5.92 Å². The van der Waals surface area contributed by atoms with E-state index in [2.05, 4.69) is 16.8 Å². The fourth-order valence-corrected chi connectivity index (χ4v) is 2.68. The first-order valence-corrected chi connectivity index (χ1v) is 6.30. The first-order valence-electron chi connectivity index (χ1n) is 5.31. The quantitative estimate of drug-likeness (QED) is 0.618. The van der Waals surface area contributed by atoms with Gasteiger partial charge in [-0.05, 0) is 12.3 Å². The monoisotopic (exact) mass is 240 g/mol. The number of aromatic nitrogens is 3. The third-order valence-electron chi connectivity index (χ3n) is 2.53.